The summed E-state index contributed by atoms with van der Waals surface area (Å²) in [6.07, 6.45) is 1.88. The monoisotopic (exact) mass is 372 g/mol. The number of ether oxygens (including phenoxy) is 1. The first-order valence-electron chi connectivity index (χ1n) is 6.53. The minimum Gasteiger partial charge on any atom is -0.489 e. The second-order valence-corrected chi connectivity index (χ2v) is 6.07. The van der Waals surface area contributed by atoms with Crippen LogP contribution in [0.15, 0.2) is 34.9 Å². The highest BCUT2D eigenvalue weighted by atomic mass is 35.5. The van der Waals surface area contributed by atoms with Gasteiger partial charge in [0, 0.05) is 22.9 Å². The summed E-state index contributed by atoms with van der Waals surface area (Å²) in [5, 5.41) is 5.28. The highest BCUT2D eigenvalue weighted by molar-refractivity contribution is 7.99. The lowest BCUT2D eigenvalue weighted by Gasteiger charge is -2.08. The van der Waals surface area contributed by atoms with Gasteiger partial charge in [-0.1, -0.05) is 40.3 Å². The van der Waals surface area contributed by atoms with Gasteiger partial charge in [-0.05, 0) is 24.3 Å². The number of fused-ring (bicyclic) bond motifs is 1. The third-order valence-corrected chi connectivity index (χ3v) is 4.18. The van der Waals surface area contributed by atoms with Crippen LogP contribution in [0.25, 0.3) is 11.0 Å². The van der Waals surface area contributed by atoms with Crippen LogP contribution in [-0.2, 0) is 6.61 Å². The third kappa shape index (κ3) is 3.49. The number of nitrogens with zero attached hydrogens (tertiary/aromatic N) is 1. The molecule has 3 aromatic rings. The van der Waals surface area contributed by atoms with Gasteiger partial charge in [0.1, 0.15) is 18.2 Å². The van der Waals surface area contributed by atoms with E-state index in [2.05, 4.69) is 9.88 Å². The zero-order valence-corrected chi connectivity index (χ0v) is 14.2. The van der Waals surface area contributed by atoms with Gasteiger partial charge in [-0.15, -0.1) is 0 Å². The maximum Gasteiger partial charge on any atom is 0.187 e. The fourth-order valence-electron chi connectivity index (χ4n) is 2.01. The Morgan fingerprint density at radius 2 is 2.09 bits per heavy atom. The first kappa shape index (κ1) is 16.2. The molecule has 0 radical (unpaired) electrons. The van der Waals surface area contributed by atoms with Crippen molar-refractivity contribution >= 4 is 51.9 Å². The zero-order chi connectivity index (χ0) is 16.4. The van der Waals surface area contributed by atoms with E-state index in [4.69, 9.17) is 32.5 Å². The van der Waals surface area contributed by atoms with Crippen molar-refractivity contribution in [3.63, 3.8) is 0 Å². The Balaban J connectivity index is 1.82. The van der Waals surface area contributed by atoms with Crippen LogP contribution in [0.4, 0.5) is 10.2 Å². The van der Waals surface area contributed by atoms with Gasteiger partial charge < -0.3 is 14.0 Å². The fraction of sp³-hybridized carbons (Fsp3) is 0.133. The minimum atomic E-state index is -0.534. The van der Waals surface area contributed by atoms with Crippen molar-refractivity contribution in [1.82, 2.24) is 5.16 Å². The molecule has 4 nitrogen and oxygen atoms in total. The van der Waals surface area contributed by atoms with Crippen molar-refractivity contribution in [2.45, 2.75) is 6.61 Å². The van der Waals surface area contributed by atoms with Crippen LogP contribution in [0, 0.1) is 5.82 Å². The number of rotatable bonds is 5. The molecular formula is C15H11Cl2FN2O2S. The molecular weight excluding hydrogens is 362 g/mol. The smallest absolute Gasteiger partial charge is 0.187 e. The molecule has 0 amide bonds. The SMILES string of the molecule is CSNc1noc2cc(COc3ccc(Cl)c(F)c3)c(Cl)cc12. The molecule has 2 aromatic carbocycles. The van der Waals surface area contributed by atoms with Crippen molar-refractivity contribution < 1.29 is 13.7 Å². The summed E-state index contributed by atoms with van der Waals surface area (Å²) in [6.45, 7) is 0.168. The van der Waals surface area contributed by atoms with E-state index in [0.29, 0.717) is 27.7 Å². The summed E-state index contributed by atoms with van der Waals surface area (Å²) in [5.74, 6) is 0.445. The zero-order valence-electron chi connectivity index (χ0n) is 11.9. The Morgan fingerprint density at radius 3 is 2.83 bits per heavy atom. The molecule has 0 aliphatic carbocycles. The van der Waals surface area contributed by atoms with Gasteiger partial charge in [-0.3, -0.25) is 0 Å². The lowest BCUT2D eigenvalue weighted by atomic mass is 10.2. The van der Waals surface area contributed by atoms with Crippen LogP contribution < -0.4 is 9.46 Å². The second-order valence-electron chi connectivity index (χ2n) is 4.64. The van der Waals surface area contributed by atoms with E-state index in [9.17, 15) is 4.39 Å². The number of aromatic nitrogens is 1. The van der Waals surface area contributed by atoms with Crippen LogP contribution in [0.5, 0.6) is 5.75 Å². The molecule has 8 heteroatoms. The molecule has 120 valence electrons. The van der Waals surface area contributed by atoms with Gasteiger partial charge in [-0.25, -0.2) is 4.39 Å². The molecule has 0 unspecified atom stereocenters. The molecule has 0 aliphatic rings. The molecule has 0 atom stereocenters. The molecule has 0 fully saturated rings. The molecule has 0 saturated heterocycles. The summed E-state index contributed by atoms with van der Waals surface area (Å²) in [5.41, 5.74) is 1.30. The Morgan fingerprint density at radius 1 is 1.26 bits per heavy atom. The molecule has 0 spiro atoms. The van der Waals surface area contributed by atoms with Gasteiger partial charge in [0.25, 0.3) is 0 Å². The second kappa shape index (κ2) is 6.86. The average molecular weight is 373 g/mol. The van der Waals surface area contributed by atoms with E-state index < -0.39 is 5.82 Å². The molecule has 1 heterocycles. The van der Waals surface area contributed by atoms with Crippen LogP contribution >= 0.6 is 35.1 Å². The summed E-state index contributed by atoms with van der Waals surface area (Å²) < 4.78 is 27.2. The summed E-state index contributed by atoms with van der Waals surface area (Å²) in [7, 11) is 0. The topological polar surface area (TPSA) is 47.3 Å². The minimum absolute atomic E-state index is 0.0484. The number of benzene rings is 2. The largest absolute Gasteiger partial charge is 0.489 e. The predicted molar refractivity (Wildman–Crippen MR) is 91.9 cm³/mol. The van der Waals surface area contributed by atoms with Crippen LogP contribution in [0.1, 0.15) is 5.56 Å². The Kier molecular flexibility index (Phi) is 4.84. The summed E-state index contributed by atoms with van der Waals surface area (Å²) >= 11 is 13.3. The molecule has 0 bridgehead atoms. The Labute approximate surface area is 146 Å². The predicted octanol–water partition coefficient (Wildman–Crippen LogP) is 5.54. The van der Waals surface area contributed by atoms with Crippen LogP contribution in [0.3, 0.4) is 0 Å². The first-order chi connectivity index (χ1) is 11.1. The number of hydrogen-bond donors (Lipinski definition) is 1. The third-order valence-electron chi connectivity index (χ3n) is 3.12. The Bertz CT molecular complexity index is 857. The van der Waals surface area contributed by atoms with E-state index >= 15 is 0 Å². The van der Waals surface area contributed by atoms with Gasteiger partial charge in [0.15, 0.2) is 11.4 Å². The normalized spacial score (nSPS) is 11.0. The summed E-state index contributed by atoms with van der Waals surface area (Å²) in [4.78, 5) is 0. The van der Waals surface area contributed by atoms with Gasteiger partial charge in [0.05, 0.1) is 10.4 Å². The van der Waals surface area contributed by atoms with Crippen molar-refractivity contribution in [1.29, 1.82) is 0 Å². The van der Waals surface area contributed by atoms with Crippen molar-refractivity contribution in [2.75, 3.05) is 11.0 Å². The van der Waals surface area contributed by atoms with E-state index in [1.54, 1.807) is 18.2 Å². The standard InChI is InChI=1S/C15H11Cl2FN2O2S/c1-23-20-15-10-6-12(17)8(4-14(10)22-19-15)7-21-9-2-3-11(16)13(18)5-9/h2-6H,7H2,1H3,(H,19,20). The lowest BCUT2D eigenvalue weighted by molar-refractivity contribution is 0.304. The maximum absolute atomic E-state index is 13.4. The highest BCUT2D eigenvalue weighted by Crippen LogP contribution is 2.31. The summed E-state index contributed by atoms with van der Waals surface area (Å²) in [6, 6.07) is 7.76. The van der Waals surface area contributed by atoms with Crippen LogP contribution in [-0.4, -0.2) is 11.4 Å². The average Bonchev–Trinajstić information content (AvgIpc) is 2.91. The van der Waals surface area contributed by atoms with Crippen LogP contribution in [0.2, 0.25) is 10.0 Å². The molecule has 0 aliphatic heterocycles. The lowest BCUT2D eigenvalue weighted by Crippen LogP contribution is -1.97. The number of halogens is 3. The molecule has 23 heavy (non-hydrogen) atoms. The molecule has 0 saturated carbocycles. The van der Waals surface area contributed by atoms with Crippen molar-refractivity contribution in [3.8, 4) is 5.75 Å². The van der Waals surface area contributed by atoms with Crippen molar-refractivity contribution in [2.24, 2.45) is 0 Å². The first-order valence-corrected chi connectivity index (χ1v) is 8.51. The number of nitrogens with one attached hydrogen (secondary N) is 1. The molecule has 1 aromatic heterocycles. The molecule has 1 N–H and O–H groups in total. The van der Waals surface area contributed by atoms with Gasteiger partial charge >= 0.3 is 0 Å². The fourth-order valence-corrected chi connectivity index (χ4v) is 2.69. The van der Waals surface area contributed by atoms with E-state index in [0.717, 1.165) is 5.39 Å². The highest BCUT2D eigenvalue weighted by Gasteiger charge is 2.12. The van der Waals surface area contributed by atoms with E-state index in [1.807, 2.05) is 6.26 Å². The maximum atomic E-state index is 13.4. The Hall–Kier alpha value is -1.63. The van der Waals surface area contributed by atoms with E-state index in [-0.39, 0.29) is 11.6 Å². The van der Waals surface area contributed by atoms with Crippen molar-refractivity contribution in [3.05, 3.63) is 51.8 Å². The van der Waals surface area contributed by atoms with E-state index in [1.165, 1.54) is 24.1 Å². The van der Waals surface area contributed by atoms with Gasteiger partial charge in [-0.2, -0.15) is 0 Å². The quantitative estimate of drug-likeness (QED) is 0.595. The molecule has 3 rings (SSSR count). The number of hydrogen-bond acceptors (Lipinski definition) is 5. The number of anilines is 1. The van der Waals surface area contributed by atoms with Gasteiger partial charge in [0.2, 0.25) is 0 Å².